The summed E-state index contributed by atoms with van der Waals surface area (Å²) in [7, 11) is 0. The molecule has 0 radical (unpaired) electrons. The van der Waals surface area contributed by atoms with Crippen molar-refractivity contribution in [2.45, 2.75) is 46.2 Å². The molecular weight excluding hydrogens is 282 g/mol. The van der Waals surface area contributed by atoms with E-state index in [1.54, 1.807) is 11.8 Å². The van der Waals surface area contributed by atoms with Crippen molar-refractivity contribution in [3.8, 4) is 0 Å². The number of aromatic nitrogens is 1. The van der Waals surface area contributed by atoms with Crippen molar-refractivity contribution >= 4 is 12.0 Å². The number of carbonyl (C=O) groups is 2. The van der Waals surface area contributed by atoms with Crippen LogP contribution in [0.2, 0.25) is 0 Å². The Morgan fingerprint density at radius 1 is 1.23 bits per heavy atom. The largest absolute Gasteiger partial charge is 0.450 e. The number of nitrogens with zero attached hydrogens (tertiary/aromatic N) is 2. The second-order valence-electron chi connectivity index (χ2n) is 5.73. The molecule has 0 saturated carbocycles. The highest BCUT2D eigenvalue weighted by Gasteiger charge is 2.24. The minimum atomic E-state index is -0.258. The zero-order valence-corrected chi connectivity index (χ0v) is 13.6. The van der Waals surface area contributed by atoms with E-state index < -0.39 is 0 Å². The molecule has 22 heavy (non-hydrogen) atoms. The summed E-state index contributed by atoms with van der Waals surface area (Å²) < 4.78 is 6.99. The van der Waals surface area contributed by atoms with E-state index in [0.717, 1.165) is 24.2 Å². The van der Waals surface area contributed by atoms with Crippen molar-refractivity contribution in [3.05, 3.63) is 23.5 Å². The van der Waals surface area contributed by atoms with E-state index >= 15 is 0 Å². The Bertz CT molecular complexity index is 511. The number of hydrogen-bond acceptors (Lipinski definition) is 3. The van der Waals surface area contributed by atoms with Gasteiger partial charge in [-0.25, -0.2) is 4.79 Å². The molecule has 0 unspecified atom stereocenters. The zero-order chi connectivity index (χ0) is 16.1. The van der Waals surface area contributed by atoms with Gasteiger partial charge in [-0.15, -0.1) is 0 Å². The molecule has 1 aliphatic rings. The van der Waals surface area contributed by atoms with E-state index in [0.29, 0.717) is 26.2 Å². The number of ether oxygens (including phenoxy) is 1. The molecular formula is C16H25N3O3. The molecule has 6 nitrogen and oxygen atoms in total. The van der Waals surface area contributed by atoms with Gasteiger partial charge in [-0.2, -0.15) is 0 Å². The maximum Gasteiger partial charge on any atom is 0.409 e. The van der Waals surface area contributed by atoms with E-state index in [2.05, 4.69) is 5.32 Å². The first kappa shape index (κ1) is 16.4. The predicted molar refractivity (Wildman–Crippen MR) is 83.7 cm³/mol. The highest BCUT2D eigenvalue weighted by molar-refractivity contribution is 5.76. The van der Waals surface area contributed by atoms with E-state index in [4.69, 9.17) is 4.74 Å². The van der Waals surface area contributed by atoms with E-state index in [1.807, 2.05) is 30.5 Å². The van der Waals surface area contributed by atoms with Crippen LogP contribution in [0.3, 0.4) is 0 Å². The number of rotatable bonds is 4. The average Bonchev–Trinajstić information content (AvgIpc) is 2.80. The normalized spacial score (nSPS) is 15.7. The third kappa shape index (κ3) is 4.02. The van der Waals surface area contributed by atoms with Crippen molar-refractivity contribution in [1.29, 1.82) is 0 Å². The molecule has 1 N–H and O–H groups in total. The van der Waals surface area contributed by atoms with Crippen LogP contribution < -0.4 is 5.32 Å². The molecule has 2 rings (SSSR count). The van der Waals surface area contributed by atoms with Crippen molar-refractivity contribution in [3.63, 3.8) is 0 Å². The van der Waals surface area contributed by atoms with Gasteiger partial charge in [0.1, 0.15) is 6.54 Å². The number of aryl methyl sites for hydroxylation is 2. The number of likely N-dealkylation sites (tertiary alicyclic amines) is 1. The standard InChI is InChI=1S/C16H25N3O3/c1-4-22-16(21)18-9-7-14(8-10-18)17-15(20)11-19-12(2)5-6-13(19)3/h5-6,14H,4,7-11H2,1-3H3,(H,17,20). The maximum absolute atomic E-state index is 12.2. The van der Waals surface area contributed by atoms with Crippen LogP contribution in [0.25, 0.3) is 0 Å². The summed E-state index contributed by atoms with van der Waals surface area (Å²) in [6.45, 7) is 7.80. The topological polar surface area (TPSA) is 63.6 Å². The van der Waals surface area contributed by atoms with Gasteiger partial charge in [0.05, 0.1) is 6.61 Å². The molecule has 122 valence electrons. The van der Waals surface area contributed by atoms with Gasteiger partial charge in [-0.05, 0) is 45.7 Å². The summed E-state index contributed by atoms with van der Waals surface area (Å²) in [5, 5.41) is 3.06. The Kier molecular flexibility index (Phi) is 5.46. The minimum absolute atomic E-state index is 0.0250. The fraction of sp³-hybridized carbons (Fsp3) is 0.625. The van der Waals surface area contributed by atoms with Gasteiger partial charge in [-0.3, -0.25) is 4.79 Å². The molecule has 0 atom stereocenters. The molecule has 2 amide bonds. The lowest BCUT2D eigenvalue weighted by Crippen LogP contribution is -2.47. The highest BCUT2D eigenvalue weighted by Crippen LogP contribution is 2.12. The number of amides is 2. The van der Waals surface area contributed by atoms with Crippen LogP contribution in [0.15, 0.2) is 12.1 Å². The number of piperidine rings is 1. The monoisotopic (exact) mass is 307 g/mol. The van der Waals surface area contributed by atoms with E-state index in [-0.39, 0.29) is 18.0 Å². The minimum Gasteiger partial charge on any atom is -0.450 e. The first-order valence-corrected chi connectivity index (χ1v) is 7.85. The number of nitrogens with one attached hydrogen (secondary N) is 1. The summed E-state index contributed by atoms with van der Waals surface area (Å²) in [5.74, 6) is 0.0250. The summed E-state index contributed by atoms with van der Waals surface area (Å²) >= 11 is 0. The third-order valence-electron chi connectivity index (χ3n) is 4.11. The van der Waals surface area contributed by atoms with Crippen molar-refractivity contribution in [1.82, 2.24) is 14.8 Å². The van der Waals surface area contributed by atoms with Crippen LogP contribution in [0.4, 0.5) is 4.79 Å². The molecule has 0 aliphatic carbocycles. The molecule has 1 aliphatic heterocycles. The lowest BCUT2D eigenvalue weighted by atomic mass is 10.1. The van der Waals surface area contributed by atoms with Crippen LogP contribution >= 0.6 is 0 Å². The Labute approximate surface area is 131 Å². The van der Waals surface area contributed by atoms with Crippen LogP contribution in [0.5, 0.6) is 0 Å². The molecule has 1 fully saturated rings. The molecule has 1 saturated heterocycles. The van der Waals surface area contributed by atoms with Gasteiger partial charge in [-0.1, -0.05) is 0 Å². The van der Waals surface area contributed by atoms with Crippen molar-refractivity contribution in [2.75, 3.05) is 19.7 Å². The Balaban J connectivity index is 1.78. The van der Waals surface area contributed by atoms with Crippen molar-refractivity contribution in [2.24, 2.45) is 0 Å². The molecule has 2 heterocycles. The van der Waals surface area contributed by atoms with Crippen LogP contribution in [-0.2, 0) is 16.1 Å². The lowest BCUT2D eigenvalue weighted by molar-refractivity contribution is -0.122. The summed E-state index contributed by atoms with van der Waals surface area (Å²) in [5.41, 5.74) is 2.18. The van der Waals surface area contributed by atoms with Gasteiger partial charge in [0.15, 0.2) is 0 Å². The first-order valence-electron chi connectivity index (χ1n) is 7.85. The second kappa shape index (κ2) is 7.33. The molecule has 0 bridgehead atoms. The first-order chi connectivity index (χ1) is 10.5. The Morgan fingerprint density at radius 2 is 1.82 bits per heavy atom. The number of carbonyl (C=O) groups excluding carboxylic acids is 2. The van der Waals surface area contributed by atoms with Gasteiger partial charge in [0.25, 0.3) is 0 Å². The van der Waals surface area contributed by atoms with E-state index in [1.165, 1.54) is 0 Å². The fourth-order valence-corrected chi connectivity index (χ4v) is 2.79. The smallest absolute Gasteiger partial charge is 0.409 e. The molecule has 0 aromatic carbocycles. The van der Waals surface area contributed by atoms with Crippen LogP contribution in [0.1, 0.15) is 31.2 Å². The van der Waals surface area contributed by atoms with Crippen molar-refractivity contribution < 1.29 is 14.3 Å². The van der Waals surface area contributed by atoms with Crippen LogP contribution in [-0.4, -0.2) is 47.2 Å². The van der Waals surface area contributed by atoms with Gasteiger partial charge in [0, 0.05) is 30.5 Å². The zero-order valence-electron chi connectivity index (χ0n) is 13.6. The molecule has 1 aromatic rings. The Morgan fingerprint density at radius 3 is 2.36 bits per heavy atom. The highest BCUT2D eigenvalue weighted by atomic mass is 16.6. The molecule has 0 spiro atoms. The predicted octanol–water partition coefficient (Wildman–Crippen LogP) is 1.84. The fourth-order valence-electron chi connectivity index (χ4n) is 2.79. The maximum atomic E-state index is 12.2. The quantitative estimate of drug-likeness (QED) is 0.923. The molecule has 6 heteroatoms. The second-order valence-corrected chi connectivity index (χ2v) is 5.73. The number of hydrogen-bond donors (Lipinski definition) is 1. The summed E-state index contributed by atoms with van der Waals surface area (Å²) in [6, 6.07) is 4.16. The summed E-state index contributed by atoms with van der Waals surface area (Å²) in [4.78, 5) is 25.5. The Hall–Kier alpha value is -1.98. The van der Waals surface area contributed by atoms with Gasteiger partial charge < -0.3 is 19.5 Å². The van der Waals surface area contributed by atoms with Gasteiger partial charge >= 0.3 is 6.09 Å². The third-order valence-corrected chi connectivity index (χ3v) is 4.11. The van der Waals surface area contributed by atoms with E-state index in [9.17, 15) is 9.59 Å². The SMILES string of the molecule is CCOC(=O)N1CCC(NC(=O)Cn2c(C)ccc2C)CC1. The lowest BCUT2D eigenvalue weighted by Gasteiger charge is -2.31. The average molecular weight is 307 g/mol. The van der Waals surface area contributed by atoms with Gasteiger partial charge in [0.2, 0.25) is 5.91 Å². The summed E-state index contributed by atoms with van der Waals surface area (Å²) in [6.07, 6.45) is 1.29. The van der Waals surface area contributed by atoms with Crippen LogP contribution in [0, 0.1) is 13.8 Å². The molecule has 1 aromatic heterocycles.